The maximum Gasteiger partial charge on any atom is 0.271 e. The van der Waals surface area contributed by atoms with E-state index in [9.17, 15) is 25.0 Å². The number of rotatable bonds is 8. The fourth-order valence-electron chi connectivity index (χ4n) is 2.58. The van der Waals surface area contributed by atoms with Crippen LogP contribution < -0.4 is 10.2 Å². The minimum atomic E-state index is -0.581. The van der Waals surface area contributed by atoms with Gasteiger partial charge in [0.1, 0.15) is 12.4 Å². The number of halogens is 1. The molecule has 0 bridgehead atoms. The zero-order valence-corrected chi connectivity index (χ0v) is 17.9. The normalized spacial score (nSPS) is 10.7. The van der Waals surface area contributed by atoms with Crippen LogP contribution in [0.3, 0.4) is 0 Å². The molecule has 0 saturated heterocycles. The van der Waals surface area contributed by atoms with Gasteiger partial charge in [-0.1, -0.05) is 6.07 Å². The van der Waals surface area contributed by atoms with Crippen LogP contribution in [0.4, 0.5) is 11.4 Å². The van der Waals surface area contributed by atoms with E-state index in [1.54, 1.807) is 30.3 Å². The zero-order chi connectivity index (χ0) is 23.1. The van der Waals surface area contributed by atoms with Gasteiger partial charge in [0.25, 0.3) is 17.3 Å². The Hall–Kier alpha value is -4.12. The van der Waals surface area contributed by atoms with Crippen LogP contribution in [0.5, 0.6) is 5.75 Å². The number of ether oxygens (including phenoxy) is 1. The number of nitro benzene ring substituents is 2. The molecule has 11 heteroatoms. The third-order valence-corrected chi connectivity index (χ3v) is 4.82. The Morgan fingerprint density at radius 3 is 2.38 bits per heavy atom. The van der Waals surface area contributed by atoms with Gasteiger partial charge in [0.05, 0.1) is 20.5 Å². The largest absolute Gasteiger partial charge is 0.488 e. The molecule has 0 aliphatic heterocycles. The molecule has 0 heterocycles. The highest BCUT2D eigenvalue weighted by molar-refractivity contribution is 9.10. The van der Waals surface area contributed by atoms with Crippen molar-refractivity contribution in [3.63, 3.8) is 0 Å². The number of non-ortho nitro benzene ring substituents is 2. The Bertz CT molecular complexity index is 1200. The monoisotopic (exact) mass is 498 g/mol. The number of nitrogens with one attached hydrogen (secondary N) is 1. The summed E-state index contributed by atoms with van der Waals surface area (Å²) in [6.07, 6.45) is 1.42. The minimum absolute atomic E-state index is 0.0103. The molecular weight excluding hydrogens is 484 g/mol. The number of nitro groups is 2. The summed E-state index contributed by atoms with van der Waals surface area (Å²) in [5, 5.41) is 25.4. The molecule has 0 radical (unpaired) electrons. The van der Waals surface area contributed by atoms with Crippen LogP contribution in [0.1, 0.15) is 21.5 Å². The second kappa shape index (κ2) is 10.3. The molecular formula is C21H15BrN4O6. The first-order valence-corrected chi connectivity index (χ1v) is 9.86. The van der Waals surface area contributed by atoms with E-state index in [1.807, 2.05) is 0 Å². The Kier molecular flexibility index (Phi) is 7.24. The molecule has 0 unspecified atom stereocenters. The molecule has 3 rings (SSSR count). The molecule has 0 aliphatic rings. The molecule has 10 nitrogen and oxygen atoms in total. The summed E-state index contributed by atoms with van der Waals surface area (Å²) in [5.74, 6) is -0.0202. The summed E-state index contributed by atoms with van der Waals surface area (Å²) in [6.45, 7) is 0.225. The smallest absolute Gasteiger partial charge is 0.271 e. The lowest BCUT2D eigenvalue weighted by Crippen LogP contribution is -2.17. The van der Waals surface area contributed by atoms with E-state index in [2.05, 4.69) is 26.5 Å². The van der Waals surface area contributed by atoms with Gasteiger partial charge in [-0.25, -0.2) is 5.43 Å². The maximum atomic E-state index is 12.1. The van der Waals surface area contributed by atoms with Gasteiger partial charge < -0.3 is 4.74 Å². The van der Waals surface area contributed by atoms with Crippen molar-refractivity contribution in [2.24, 2.45) is 5.10 Å². The van der Waals surface area contributed by atoms with E-state index in [-0.39, 0.29) is 23.5 Å². The molecule has 1 N–H and O–H groups in total. The molecule has 1 amide bonds. The molecule has 0 saturated carbocycles. The third-order valence-electron chi connectivity index (χ3n) is 4.20. The summed E-state index contributed by atoms with van der Waals surface area (Å²) in [5.41, 5.74) is 3.70. The summed E-state index contributed by atoms with van der Waals surface area (Å²) in [7, 11) is 0. The fourth-order valence-corrected chi connectivity index (χ4v) is 3.09. The van der Waals surface area contributed by atoms with Crippen LogP contribution in [0.15, 0.2) is 76.3 Å². The molecule has 0 aliphatic carbocycles. The number of hydrogen-bond acceptors (Lipinski definition) is 7. The molecule has 3 aromatic carbocycles. The highest BCUT2D eigenvalue weighted by Crippen LogP contribution is 2.26. The van der Waals surface area contributed by atoms with Crippen molar-refractivity contribution in [2.75, 3.05) is 0 Å². The first-order valence-electron chi connectivity index (χ1n) is 9.07. The predicted octanol–water partition coefficient (Wildman–Crippen LogP) is 4.61. The van der Waals surface area contributed by atoms with E-state index in [0.717, 1.165) is 5.56 Å². The van der Waals surface area contributed by atoms with Crippen molar-refractivity contribution < 1.29 is 19.4 Å². The number of nitrogens with zero attached hydrogens (tertiary/aromatic N) is 3. The number of hydrogen-bond donors (Lipinski definition) is 1. The van der Waals surface area contributed by atoms with Gasteiger partial charge in [0.2, 0.25) is 0 Å². The zero-order valence-electron chi connectivity index (χ0n) is 16.3. The van der Waals surface area contributed by atoms with Crippen LogP contribution in [0.25, 0.3) is 0 Å². The van der Waals surface area contributed by atoms with Crippen molar-refractivity contribution in [3.8, 4) is 5.75 Å². The lowest BCUT2D eigenvalue weighted by atomic mass is 10.2. The Labute approximate surface area is 190 Å². The average Bonchev–Trinajstić information content (AvgIpc) is 2.78. The van der Waals surface area contributed by atoms with Crippen LogP contribution in [0, 0.1) is 20.2 Å². The second-order valence-corrected chi connectivity index (χ2v) is 7.26. The Morgan fingerprint density at radius 1 is 1.00 bits per heavy atom. The average molecular weight is 499 g/mol. The SMILES string of the molecule is O=C(N/N=C/c1ccc(OCc2ccc([N+](=O)[O-])cc2)c(Br)c1)c1cccc([N+](=O)[O-])c1. The van der Waals surface area contributed by atoms with Crippen LogP contribution in [-0.2, 0) is 6.61 Å². The van der Waals surface area contributed by atoms with Gasteiger partial charge in [-0.3, -0.25) is 25.0 Å². The number of benzene rings is 3. The standard InChI is InChI=1S/C21H15BrN4O6/c22-19-10-15(12-23-24-21(27)16-2-1-3-18(11-16)26(30)31)6-9-20(19)32-13-14-4-7-17(8-5-14)25(28)29/h1-12H,13H2,(H,24,27)/b23-12+. The fraction of sp³-hybridized carbons (Fsp3) is 0.0476. The van der Waals surface area contributed by atoms with E-state index in [0.29, 0.717) is 15.8 Å². The van der Waals surface area contributed by atoms with Gasteiger partial charge in [-0.2, -0.15) is 5.10 Å². The molecule has 32 heavy (non-hydrogen) atoms. The van der Waals surface area contributed by atoms with Crippen molar-refractivity contribution in [3.05, 3.63) is 108 Å². The Morgan fingerprint density at radius 2 is 1.72 bits per heavy atom. The van der Waals surface area contributed by atoms with E-state index < -0.39 is 15.8 Å². The first-order chi connectivity index (χ1) is 15.3. The van der Waals surface area contributed by atoms with Crippen LogP contribution >= 0.6 is 15.9 Å². The molecule has 0 spiro atoms. The summed E-state index contributed by atoms with van der Waals surface area (Å²) in [4.78, 5) is 32.6. The topological polar surface area (TPSA) is 137 Å². The molecule has 0 fully saturated rings. The highest BCUT2D eigenvalue weighted by Gasteiger charge is 2.11. The van der Waals surface area contributed by atoms with Gasteiger partial charge in [0, 0.05) is 29.8 Å². The minimum Gasteiger partial charge on any atom is -0.488 e. The molecule has 162 valence electrons. The van der Waals surface area contributed by atoms with Crippen molar-refractivity contribution in [1.82, 2.24) is 5.43 Å². The van der Waals surface area contributed by atoms with E-state index in [4.69, 9.17) is 4.74 Å². The molecule has 0 atom stereocenters. The lowest BCUT2D eigenvalue weighted by molar-refractivity contribution is -0.385. The Balaban J connectivity index is 1.58. The van der Waals surface area contributed by atoms with Gasteiger partial charge in [-0.05, 0) is 63.5 Å². The van der Waals surface area contributed by atoms with Gasteiger partial charge >= 0.3 is 0 Å². The number of hydrazone groups is 1. The second-order valence-electron chi connectivity index (χ2n) is 6.41. The lowest BCUT2D eigenvalue weighted by Gasteiger charge is -2.09. The quantitative estimate of drug-likeness (QED) is 0.273. The first kappa shape index (κ1) is 22.6. The van der Waals surface area contributed by atoms with Gasteiger partial charge in [0.15, 0.2) is 0 Å². The van der Waals surface area contributed by atoms with E-state index >= 15 is 0 Å². The number of carbonyl (C=O) groups is 1. The highest BCUT2D eigenvalue weighted by atomic mass is 79.9. The summed E-state index contributed by atoms with van der Waals surface area (Å²) >= 11 is 3.40. The van der Waals surface area contributed by atoms with Gasteiger partial charge in [-0.15, -0.1) is 0 Å². The molecule has 3 aromatic rings. The number of carbonyl (C=O) groups excluding carboxylic acids is 1. The number of amides is 1. The van der Waals surface area contributed by atoms with E-state index in [1.165, 1.54) is 42.6 Å². The summed E-state index contributed by atoms with van der Waals surface area (Å²) in [6, 6.07) is 16.6. The van der Waals surface area contributed by atoms with Crippen molar-refractivity contribution in [1.29, 1.82) is 0 Å². The van der Waals surface area contributed by atoms with Crippen LogP contribution in [0.2, 0.25) is 0 Å². The third kappa shape index (κ3) is 5.95. The van der Waals surface area contributed by atoms with Crippen molar-refractivity contribution >= 4 is 39.4 Å². The van der Waals surface area contributed by atoms with Crippen LogP contribution in [-0.4, -0.2) is 22.0 Å². The van der Waals surface area contributed by atoms with Crippen molar-refractivity contribution in [2.45, 2.75) is 6.61 Å². The maximum absolute atomic E-state index is 12.1. The molecule has 0 aromatic heterocycles. The summed E-state index contributed by atoms with van der Waals surface area (Å²) < 4.78 is 6.37. The predicted molar refractivity (Wildman–Crippen MR) is 120 cm³/mol.